The predicted molar refractivity (Wildman–Crippen MR) is 191 cm³/mol. The van der Waals surface area contributed by atoms with Crippen LogP contribution < -0.4 is 0 Å². The van der Waals surface area contributed by atoms with Crippen LogP contribution in [0.5, 0.6) is 0 Å². The zero-order valence-electron chi connectivity index (χ0n) is 30.4. The highest BCUT2D eigenvalue weighted by molar-refractivity contribution is 5.98. The lowest BCUT2D eigenvalue weighted by Crippen LogP contribution is -2.78. The number of hydrogen-bond donors (Lipinski definition) is 5. The number of aryl methyl sites for hydroxylation is 1. The van der Waals surface area contributed by atoms with Crippen molar-refractivity contribution in [1.29, 1.82) is 0 Å². The predicted octanol–water partition coefficient (Wildman–Crippen LogP) is 3.86. The van der Waals surface area contributed by atoms with Crippen LogP contribution in [0.2, 0.25) is 0 Å². The summed E-state index contributed by atoms with van der Waals surface area (Å²) in [5.41, 5.74) is -5.26. The SMILES string of the molecule is CC(=O)O[C@H](/C=C/CC12OC(C(=O)O)C(O)(C(=O)O)[C@](C(=O)O)(O1)[C@H](OC(=O)CC/C=C/[C@H](C)CCCc1ccccc1)[C@H]2O)[C@H](C)Cc1ccccc1. The maximum absolute atomic E-state index is 13.1. The van der Waals surface area contributed by atoms with Crippen LogP contribution in [0.15, 0.2) is 85.0 Å². The largest absolute Gasteiger partial charge is 0.479 e. The molecule has 14 nitrogen and oxygen atoms in total. The first kappa shape index (κ1) is 41.9. The summed E-state index contributed by atoms with van der Waals surface area (Å²) in [6.07, 6.45) is 0.274. The van der Waals surface area contributed by atoms with Crippen molar-refractivity contribution >= 4 is 29.8 Å². The molecule has 0 aliphatic carbocycles. The molecule has 0 aromatic heterocycles. The third-order valence-corrected chi connectivity index (χ3v) is 9.80. The van der Waals surface area contributed by atoms with Gasteiger partial charge < -0.3 is 44.5 Å². The van der Waals surface area contributed by atoms with Crippen molar-refractivity contribution in [2.45, 2.75) is 107 Å². The lowest BCUT2D eigenvalue weighted by Gasteiger charge is -2.48. The molecule has 0 spiro atoms. The average Bonchev–Trinajstić information content (AvgIpc) is 3.33. The van der Waals surface area contributed by atoms with Crippen molar-refractivity contribution in [2.75, 3.05) is 0 Å². The Morgan fingerprint density at radius 3 is 2.09 bits per heavy atom. The number of allylic oxidation sites excluding steroid dienone is 2. The minimum Gasteiger partial charge on any atom is -0.479 e. The van der Waals surface area contributed by atoms with Crippen LogP contribution in [0.1, 0.15) is 64.0 Å². The molecule has 0 radical (unpaired) electrons. The molecule has 5 N–H and O–H groups in total. The number of carbonyl (C=O) groups excluding carboxylic acids is 2. The van der Waals surface area contributed by atoms with E-state index >= 15 is 0 Å². The number of aliphatic hydroxyl groups is 2. The number of rotatable bonds is 19. The Balaban J connectivity index is 1.55. The van der Waals surface area contributed by atoms with Gasteiger partial charge in [0, 0.05) is 25.7 Å². The summed E-state index contributed by atoms with van der Waals surface area (Å²) in [5.74, 6) is -11.2. The number of aliphatic hydroxyl groups excluding tert-OH is 1. The number of fused-ring (bicyclic) bond motifs is 2. The highest BCUT2D eigenvalue weighted by atomic mass is 16.8. The molecule has 2 fully saturated rings. The van der Waals surface area contributed by atoms with Crippen LogP contribution in [0.25, 0.3) is 0 Å². The molecule has 2 heterocycles. The number of benzene rings is 2. The maximum Gasteiger partial charge on any atom is 0.344 e. The number of hydrogen-bond acceptors (Lipinski definition) is 11. The van der Waals surface area contributed by atoms with E-state index in [1.54, 1.807) is 6.08 Å². The normalized spacial score (nSPS) is 28.0. The van der Waals surface area contributed by atoms with E-state index in [1.807, 2.05) is 68.5 Å². The van der Waals surface area contributed by atoms with Crippen molar-refractivity contribution in [3.05, 3.63) is 96.1 Å². The lowest BCUT2D eigenvalue weighted by atomic mass is 9.74. The van der Waals surface area contributed by atoms with E-state index in [-0.39, 0.29) is 24.7 Å². The zero-order chi connectivity index (χ0) is 39.7. The van der Waals surface area contributed by atoms with Gasteiger partial charge in [-0.15, -0.1) is 0 Å². The second kappa shape index (κ2) is 18.0. The van der Waals surface area contributed by atoms with Gasteiger partial charge in [0.15, 0.2) is 6.10 Å². The molecule has 2 saturated heterocycles. The molecule has 2 aliphatic rings. The van der Waals surface area contributed by atoms with E-state index < -0.39 is 77.7 Å². The topological polar surface area (TPSA) is 223 Å². The van der Waals surface area contributed by atoms with Crippen molar-refractivity contribution < 1.29 is 68.5 Å². The monoisotopic (exact) mass is 752 g/mol. The summed E-state index contributed by atoms with van der Waals surface area (Å²) in [7, 11) is 0. The molecule has 0 saturated carbocycles. The Morgan fingerprint density at radius 2 is 1.52 bits per heavy atom. The quantitative estimate of drug-likeness (QED) is 0.102. The molecule has 2 aliphatic heterocycles. The Bertz CT molecular complexity index is 1690. The molecule has 2 aromatic rings. The minimum absolute atomic E-state index is 0.135. The number of ether oxygens (including phenoxy) is 4. The zero-order valence-corrected chi connectivity index (χ0v) is 30.4. The van der Waals surface area contributed by atoms with Gasteiger partial charge in [0.05, 0.1) is 0 Å². The molecule has 2 bridgehead atoms. The Kier molecular flexibility index (Phi) is 13.9. The number of carboxylic acid groups (broad SMARTS) is 3. The van der Waals surface area contributed by atoms with E-state index in [2.05, 4.69) is 12.1 Å². The average molecular weight is 753 g/mol. The smallest absolute Gasteiger partial charge is 0.344 e. The number of esters is 2. The summed E-state index contributed by atoms with van der Waals surface area (Å²) in [6.45, 7) is 5.03. The van der Waals surface area contributed by atoms with E-state index in [1.165, 1.54) is 24.6 Å². The fourth-order valence-electron chi connectivity index (χ4n) is 7.00. The molecule has 292 valence electrons. The molecule has 0 amide bonds. The second-order valence-electron chi connectivity index (χ2n) is 13.9. The number of aliphatic carboxylic acids is 3. The molecule has 14 heteroatoms. The lowest BCUT2D eigenvalue weighted by molar-refractivity contribution is -0.371. The molecule has 54 heavy (non-hydrogen) atoms. The first-order chi connectivity index (χ1) is 25.6. The molecule has 2 aromatic carbocycles. The van der Waals surface area contributed by atoms with Gasteiger partial charge in [0.1, 0.15) is 12.2 Å². The summed E-state index contributed by atoms with van der Waals surface area (Å²) >= 11 is 0. The second-order valence-corrected chi connectivity index (χ2v) is 13.9. The first-order valence-corrected chi connectivity index (χ1v) is 17.8. The van der Waals surface area contributed by atoms with Crippen LogP contribution in [0, 0.1) is 11.8 Å². The number of carbonyl (C=O) groups is 5. The van der Waals surface area contributed by atoms with Crippen molar-refractivity contribution in [1.82, 2.24) is 0 Å². The van der Waals surface area contributed by atoms with Crippen LogP contribution in [0.3, 0.4) is 0 Å². The van der Waals surface area contributed by atoms with Gasteiger partial charge in [0.25, 0.3) is 0 Å². The number of carboxylic acids is 3. The van der Waals surface area contributed by atoms with Crippen LogP contribution in [-0.4, -0.2) is 96.8 Å². The fraction of sp³-hybridized carbons (Fsp3) is 0.475. The Hall–Kier alpha value is -4.89. The van der Waals surface area contributed by atoms with E-state index in [9.17, 15) is 49.5 Å². The summed E-state index contributed by atoms with van der Waals surface area (Å²) < 4.78 is 22.0. The first-order valence-electron chi connectivity index (χ1n) is 17.8. The fourth-order valence-corrected chi connectivity index (χ4v) is 7.00. The maximum atomic E-state index is 13.1. The third-order valence-electron chi connectivity index (χ3n) is 9.80. The summed E-state index contributed by atoms with van der Waals surface area (Å²) in [6, 6.07) is 19.3. The van der Waals surface area contributed by atoms with Crippen LogP contribution in [0.4, 0.5) is 0 Å². The van der Waals surface area contributed by atoms with Gasteiger partial charge in [-0.3, -0.25) is 9.59 Å². The Labute approximate surface area is 313 Å². The van der Waals surface area contributed by atoms with E-state index in [0.717, 1.165) is 24.8 Å². The van der Waals surface area contributed by atoms with Crippen molar-refractivity contribution in [3.8, 4) is 0 Å². The minimum atomic E-state index is -3.89. The van der Waals surface area contributed by atoms with Crippen molar-refractivity contribution in [2.24, 2.45) is 11.8 Å². The molecule has 9 atom stereocenters. The van der Waals surface area contributed by atoms with Crippen LogP contribution >= 0.6 is 0 Å². The van der Waals surface area contributed by atoms with E-state index in [4.69, 9.17) is 18.9 Å². The van der Waals surface area contributed by atoms with Crippen LogP contribution in [-0.2, 0) is 55.8 Å². The summed E-state index contributed by atoms with van der Waals surface area (Å²) in [4.78, 5) is 63.1. The molecular weight excluding hydrogens is 704 g/mol. The molecule has 3 unspecified atom stereocenters. The van der Waals surface area contributed by atoms with Gasteiger partial charge in [-0.1, -0.05) is 92.7 Å². The Morgan fingerprint density at radius 1 is 0.889 bits per heavy atom. The summed E-state index contributed by atoms with van der Waals surface area (Å²) in [5, 5.41) is 53.6. The van der Waals surface area contributed by atoms with E-state index in [0.29, 0.717) is 6.42 Å². The highest BCUT2D eigenvalue weighted by Crippen LogP contribution is 2.55. The van der Waals surface area contributed by atoms with Gasteiger partial charge in [-0.25, -0.2) is 14.4 Å². The van der Waals surface area contributed by atoms with Gasteiger partial charge in [-0.2, -0.15) is 0 Å². The highest BCUT2D eigenvalue weighted by Gasteiger charge is 2.85. The standard InChI is InChI=1S/C40H48O14/c1-25(15-12-20-28-16-6-4-7-17-28)14-10-11-22-31(42)52-33-32(43)38(53-34(35(44)45)39(50,36(46)47)40(33,54-38)37(48)49)23-13-21-30(51-27(3)41)26(2)24-29-18-8-5-9-19-29/h4-10,13-14,16-19,21,25-26,30,32-34,43,50H,11-12,15,20,22-24H2,1-3H3,(H,44,45)(H,46,47)(H,48,49)/b14-10+,21-13+/t25-,26+,30+,32+,33+,34?,38?,39?,40-/m0/s1. The third kappa shape index (κ3) is 9.07. The van der Waals surface area contributed by atoms with Gasteiger partial charge in [-0.05, 0) is 55.2 Å². The van der Waals surface area contributed by atoms with Gasteiger partial charge in [0.2, 0.25) is 23.1 Å². The molecule has 4 rings (SSSR count). The van der Waals surface area contributed by atoms with Gasteiger partial charge >= 0.3 is 29.8 Å². The molecular formula is C40H48O14. The van der Waals surface area contributed by atoms with Crippen molar-refractivity contribution in [3.63, 3.8) is 0 Å².